The largest absolute Gasteiger partial charge is 1.00 e. The molecule has 8 bridgehead atoms. The first-order chi connectivity index (χ1) is 31.6. The van der Waals surface area contributed by atoms with E-state index in [1.807, 2.05) is 0 Å². The van der Waals surface area contributed by atoms with E-state index in [2.05, 4.69) is 164 Å². The first kappa shape index (κ1) is 52.1. The van der Waals surface area contributed by atoms with Gasteiger partial charge in [-0.15, -0.1) is 69.1 Å². The van der Waals surface area contributed by atoms with Crippen molar-refractivity contribution in [3.63, 3.8) is 0 Å². The molecule has 0 N–H and O–H groups in total. The van der Waals surface area contributed by atoms with Gasteiger partial charge in [-0.3, -0.25) is 0 Å². The van der Waals surface area contributed by atoms with Gasteiger partial charge in [-0.25, -0.2) is 0 Å². The fourth-order valence-electron chi connectivity index (χ4n) is 15.3. The van der Waals surface area contributed by atoms with Gasteiger partial charge < -0.3 is 24.8 Å². The van der Waals surface area contributed by atoms with Gasteiger partial charge in [0.25, 0.3) is 0 Å². The average molecular weight is 1040 g/mol. The third-order valence-electron chi connectivity index (χ3n) is 18.2. The fraction of sp³-hybridized carbons (Fsp3) is 0.531. The van der Waals surface area contributed by atoms with Gasteiger partial charge in [0.05, 0.1) is 0 Å². The third-order valence-corrected chi connectivity index (χ3v) is 21.3. The van der Waals surface area contributed by atoms with Crippen molar-refractivity contribution in [1.29, 1.82) is 0 Å². The molecule has 8 aliphatic carbocycles. The molecule has 8 fully saturated rings. The average Bonchev–Trinajstić information content (AvgIpc) is 3.89. The van der Waals surface area contributed by atoms with E-state index in [1.165, 1.54) is 132 Å². The summed E-state index contributed by atoms with van der Waals surface area (Å²) in [5.74, 6) is 10.3. The van der Waals surface area contributed by atoms with Crippen LogP contribution in [0.4, 0.5) is 0 Å². The van der Waals surface area contributed by atoms with Crippen LogP contribution >= 0.6 is 0 Å². The van der Waals surface area contributed by atoms with Gasteiger partial charge in [0.15, 0.2) is 0 Å². The summed E-state index contributed by atoms with van der Waals surface area (Å²) in [6, 6.07) is 43.8. The molecule has 360 valence electrons. The summed E-state index contributed by atoms with van der Waals surface area (Å²) in [6.45, 7) is 18.4. The van der Waals surface area contributed by atoms with Gasteiger partial charge in [0, 0.05) is 0 Å². The molecular weight excluding hydrogens is 959 g/mol. The van der Waals surface area contributed by atoms with E-state index in [4.69, 9.17) is 0 Å². The number of hydrogen-bond donors (Lipinski definition) is 0. The van der Waals surface area contributed by atoms with E-state index in [-0.39, 0.29) is 41.1 Å². The minimum atomic E-state index is 0. The SMILES string of the molecule is CC(C)(C)c1ccc(-c2cccc3[cH-]c(CC4C5CC6CC(C5)CC4C6)cc23)cc1.CC(C)(C)c1ccc(-c2cccc3[cH-]c(CC4C5CC6CC(C5)CC4C6)cc23)cc1.CCC[Si](C)=[Zr+2].[Cl-].[Cl-]. The summed E-state index contributed by atoms with van der Waals surface area (Å²) < 4.78 is 0. The normalized spacial score (nSPS) is 27.5. The van der Waals surface area contributed by atoms with Gasteiger partial charge >= 0.3 is 54.7 Å². The van der Waals surface area contributed by atoms with Crippen LogP contribution in [0.3, 0.4) is 0 Å². The molecular formula is C64H80Cl2SiZr-2. The first-order valence-electron chi connectivity index (χ1n) is 26.8. The number of rotatable bonds is 8. The maximum absolute atomic E-state index is 2.52. The Labute approximate surface area is 440 Å². The Morgan fingerprint density at radius 2 is 0.838 bits per heavy atom. The van der Waals surface area contributed by atoms with Crippen molar-refractivity contribution in [2.24, 2.45) is 59.2 Å². The van der Waals surface area contributed by atoms with E-state index in [0.717, 1.165) is 59.2 Å². The molecule has 0 radical (unpaired) electrons. The molecule has 6 aromatic rings. The molecule has 68 heavy (non-hydrogen) atoms. The third kappa shape index (κ3) is 11.4. The van der Waals surface area contributed by atoms with Gasteiger partial charge in [-0.05, 0) is 169 Å². The van der Waals surface area contributed by atoms with E-state index in [1.54, 1.807) is 47.3 Å². The van der Waals surface area contributed by atoms with Gasteiger partial charge in [-0.1, -0.05) is 113 Å². The van der Waals surface area contributed by atoms with Crippen LogP contribution in [0.5, 0.6) is 0 Å². The zero-order valence-electron chi connectivity index (χ0n) is 42.8. The fourth-order valence-corrected chi connectivity index (χ4v) is 17.9. The zero-order valence-corrected chi connectivity index (χ0v) is 47.8. The topological polar surface area (TPSA) is 0 Å². The van der Waals surface area contributed by atoms with Crippen LogP contribution in [0.1, 0.15) is 141 Å². The summed E-state index contributed by atoms with van der Waals surface area (Å²) in [5.41, 5.74) is 12.1. The number of fused-ring (bicyclic) bond motifs is 2. The molecule has 0 saturated heterocycles. The Balaban J connectivity index is 0.000000160. The molecule has 0 unspecified atom stereocenters. The number of hydrogen-bond acceptors (Lipinski definition) is 0. The van der Waals surface area contributed by atoms with Crippen molar-refractivity contribution in [2.45, 2.75) is 155 Å². The predicted molar refractivity (Wildman–Crippen MR) is 283 cm³/mol. The van der Waals surface area contributed by atoms with Crippen molar-refractivity contribution < 1.29 is 48.1 Å². The second kappa shape index (κ2) is 21.5. The quantitative estimate of drug-likeness (QED) is 0.105. The molecule has 0 aliphatic heterocycles. The van der Waals surface area contributed by atoms with Crippen molar-refractivity contribution in [1.82, 2.24) is 0 Å². The Morgan fingerprint density at radius 3 is 1.12 bits per heavy atom. The van der Waals surface area contributed by atoms with Gasteiger partial charge in [-0.2, -0.15) is 12.1 Å². The van der Waals surface area contributed by atoms with Crippen molar-refractivity contribution in [3.8, 4) is 22.3 Å². The maximum atomic E-state index is 2.52. The maximum Gasteiger partial charge on any atom is -1.00 e. The van der Waals surface area contributed by atoms with E-state index >= 15 is 0 Å². The number of benzene rings is 4. The second-order valence-corrected chi connectivity index (χ2v) is 33.5. The molecule has 0 spiro atoms. The molecule has 0 amide bonds. The summed E-state index contributed by atoms with van der Waals surface area (Å²) in [6.07, 6.45) is 19.4. The van der Waals surface area contributed by atoms with E-state index in [9.17, 15) is 0 Å². The molecule has 0 heterocycles. The molecule has 4 heteroatoms. The van der Waals surface area contributed by atoms with E-state index in [0.29, 0.717) is 0 Å². The van der Waals surface area contributed by atoms with Crippen molar-refractivity contribution >= 4 is 27.0 Å². The van der Waals surface area contributed by atoms with Crippen LogP contribution in [0, 0.1) is 59.2 Å². The van der Waals surface area contributed by atoms with Crippen LogP contribution in [0.15, 0.2) is 109 Å². The van der Waals surface area contributed by atoms with Crippen LogP contribution in [-0.2, 0) is 47.0 Å². The predicted octanol–water partition coefficient (Wildman–Crippen LogP) is 11.8. The molecule has 0 nitrogen and oxygen atoms in total. The first-order valence-corrected chi connectivity index (χ1v) is 32.7. The van der Waals surface area contributed by atoms with Crippen LogP contribution in [-0.4, -0.2) is 5.43 Å². The monoisotopic (exact) mass is 1040 g/mol. The molecule has 8 aliphatic rings. The minimum Gasteiger partial charge on any atom is -1.00 e. The Morgan fingerprint density at radius 1 is 0.500 bits per heavy atom. The molecule has 8 saturated carbocycles. The van der Waals surface area contributed by atoms with Gasteiger partial charge in [0.1, 0.15) is 0 Å². The second-order valence-electron chi connectivity index (χ2n) is 25.1. The zero-order chi connectivity index (χ0) is 45.9. The minimum absolute atomic E-state index is 0. The van der Waals surface area contributed by atoms with Crippen LogP contribution in [0.2, 0.25) is 12.6 Å². The van der Waals surface area contributed by atoms with Crippen LogP contribution in [0.25, 0.3) is 43.8 Å². The summed E-state index contributed by atoms with van der Waals surface area (Å²) in [7, 11) is 0. The summed E-state index contributed by atoms with van der Waals surface area (Å²) >= 11 is 1.79. The Bertz CT molecular complexity index is 2400. The Hall–Kier alpha value is -2.22. The Kier molecular flexibility index (Phi) is 16.5. The van der Waals surface area contributed by atoms with Crippen molar-refractivity contribution in [3.05, 3.63) is 131 Å². The summed E-state index contributed by atoms with van der Waals surface area (Å²) in [4.78, 5) is 0. The van der Waals surface area contributed by atoms with Crippen LogP contribution < -0.4 is 24.8 Å². The standard InChI is InChI=1S/2C30H35.C4H10Si.2ClH.Zr/c2*1-30(2,3)26-9-7-22(8-10-26)27-6-4-5-23-12-21(18-29(23)27)17-28-24-13-19-11-20(15-24)16-25(28)14-19;1-3-4-5-2;;;/h2*4-10,12,18-20,24-25,28H,11,13-17H2,1-3H3;3-4H2,1-2H3;2*1H;/q2*-1;;;;+2/p-2. The molecule has 6 aromatic carbocycles. The molecule has 0 atom stereocenters. The van der Waals surface area contributed by atoms with E-state index < -0.39 is 0 Å². The number of halogens is 2. The molecule has 0 aromatic heterocycles. The van der Waals surface area contributed by atoms with Crippen molar-refractivity contribution in [2.75, 3.05) is 0 Å². The van der Waals surface area contributed by atoms with Gasteiger partial charge in [0.2, 0.25) is 0 Å². The summed E-state index contributed by atoms with van der Waals surface area (Å²) in [5, 5.41) is 5.73. The smallest absolute Gasteiger partial charge is 1.00 e. The molecule has 14 rings (SSSR count).